The van der Waals surface area contributed by atoms with Gasteiger partial charge in [-0.25, -0.2) is 0 Å². The third-order valence-electron chi connectivity index (χ3n) is 2.13. The van der Waals surface area contributed by atoms with Crippen LogP contribution in [0, 0.1) is 11.8 Å². The zero-order chi connectivity index (χ0) is 10.2. The van der Waals surface area contributed by atoms with Gasteiger partial charge in [0.05, 0.1) is 13.2 Å². The second-order valence-electron chi connectivity index (χ2n) is 3.20. The van der Waals surface area contributed by atoms with Crippen molar-refractivity contribution in [3.63, 3.8) is 0 Å². The van der Waals surface area contributed by atoms with Crippen molar-refractivity contribution in [1.82, 2.24) is 4.90 Å². The first-order valence-corrected chi connectivity index (χ1v) is 5.16. The Labute approximate surface area is 85.4 Å². The lowest BCUT2D eigenvalue weighted by atomic mass is 10.2. The lowest BCUT2D eigenvalue weighted by molar-refractivity contribution is -0.135. The maximum absolute atomic E-state index is 11.6. The van der Waals surface area contributed by atoms with Crippen molar-refractivity contribution in [3.8, 4) is 11.8 Å². The van der Waals surface area contributed by atoms with Crippen LogP contribution < -0.4 is 0 Å². The minimum atomic E-state index is 0.207. The molecule has 1 fully saturated rings. The molecule has 1 heterocycles. The average Bonchev–Trinajstić information content (AvgIpc) is 2.25. The van der Waals surface area contributed by atoms with E-state index in [9.17, 15) is 4.79 Å². The molecule has 0 aromatic rings. The molecule has 0 unspecified atom stereocenters. The summed E-state index contributed by atoms with van der Waals surface area (Å²) < 4.78 is 5.17. The molecule has 0 spiro atoms. The normalized spacial score (nSPS) is 15.9. The topological polar surface area (TPSA) is 29.5 Å². The molecule has 1 aliphatic rings. The van der Waals surface area contributed by atoms with Crippen LogP contribution in [0.15, 0.2) is 0 Å². The van der Waals surface area contributed by atoms with Crippen molar-refractivity contribution in [1.29, 1.82) is 0 Å². The molecule has 0 aromatic heterocycles. The Hall–Kier alpha value is -1.01. The molecule has 78 valence electrons. The number of morpholine rings is 1. The number of ether oxygens (including phenoxy) is 1. The van der Waals surface area contributed by atoms with Gasteiger partial charge < -0.3 is 9.64 Å². The molecule has 1 rings (SSSR count). The Bertz CT molecular complexity index is 233. The van der Waals surface area contributed by atoms with Crippen LogP contribution in [0.5, 0.6) is 0 Å². The Morgan fingerprint density at radius 3 is 2.71 bits per heavy atom. The van der Waals surface area contributed by atoms with E-state index >= 15 is 0 Å². The van der Waals surface area contributed by atoms with Gasteiger partial charge in [0.2, 0.25) is 5.91 Å². The fourth-order valence-electron chi connectivity index (χ4n) is 1.35. The largest absolute Gasteiger partial charge is 0.378 e. The summed E-state index contributed by atoms with van der Waals surface area (Å²) in [5.41, 5.74) is 0. The molecule has 0 saturated carbocycles. The van der Waals surface area contributed by atoms with Crippen LogP contribution in [0.3, 0.4) is 0 Å². The Morgan fingerprint density at radius 1 is 1.36 bits per heavy atom. The minimum absolute atomic E-state index is 0.207. The van der Waals surface area contributed by atoms with Gasteiger partial charge in [0.25, 0.3) is 0 Å². The number of rotatable bonds is 2. The number of hydrogen-bond donors (Lipinski definition) is 0. The summed E-state index contributed by atoms with van der Waals surface area (Å²) in [5, 5.41) is 0. The second-order valence-corrected chi connectivity index (χ2v) is 3.20. The fourth-order valence-corrected chi connectivity index (χ4v) is 1.35. The monoisotopic (exact) mass is 195 g/mol. The summed E-state index contributed by atoms with van der Waals surface area (Å²) in [6, 6.07) is 0. The predicted octanol–water partition coefficient (Wildman–Crippen LogP) is 1.04. The molecular weight excluding hydrogens is 178 g/mol. The maximum atomic E-state index is 11.6. The zero-order valence-electron chi connectivity index (χ0n) is 8.71. The van der Waals surface area contributed by atoms with Crippen LogP contribution in [0.4, 0.5) is 0 Å². The van der Waals surface area contributed by atoms with Gasteiger partial charge in [-0.3, -0.25) is 4.79 Å². The van der Waals surface area contributed by atoms with Crippen LogP contribution in [-0.4, -0.2) is 37.1 Å². The second kappa shape index (κ2) is 6.44. The van der Waals surface area contributed by atoms with Crippen LogP contribution in [0.25, 0.3) is 0 Å². The Morgan fingerprint density at radius 2 is 2.07 bits per heavy atom. The van der Waals surface area contributed by atoms with Crippen LogP contribution in [0.2, 0.25) is 0 Å². The van der Waals surface area contributed by atoms with Crippen LogP contribution in [0.1, 0.15) is 26.2 Å². The van der Waals surface area contributed by atoms with Gasteiger partial charge in [0.15, 0.2) is 0 Å². The van der Waals surface area contributed by atoms with E-state index < -0.39 is 0 Å². The molecule has 1 amide bonds. The highest BCUT2D eigenvalue weighted by Gasteiger charge is 2.15. The lowest BCUT2D eigenvalue weighted by Crippen LogP contribution is -2.40. The summed E-state index contributed by atoms with van der Waals surface area (Å²) in [4.78, 5) is 13.4. The number of carbonyl (C=O) groups is 1. The third kappa shape index (κ3) is 3.80. The first-order valence-electron chi connectivity index (χ1n) is 5.16. The van der Waals surface area contributed by atoms with Gasteiger partial charge >= 0.3 is 0 Å². The molecule has 1 aliphatic heterocycles. The van der Waals surface area contributed by atoms with Crippen molar-refractivity contribution in [2.24, 2.45) is 0 Å². The van der Waals surface area contributed by atoms with Crippen molar-refractivity contribution in [2.45, 2.75) is 26.2 Å². The quantitative estimate of drug-likeness (QED) is 0.616. The number of nitrogens with zero attached hydrogens (tertiary/aromatic N) is 1. The number of amides is 1. The molecule has 0 atom stereocenters. The smallest absolute Gasteiger partial charge is 0.223 e. The Balaban J connectivity index is 2.19. The molecule has 0 aromatic carbocycles. The van der Waals surface area contributed by atoms with E-state index in [1.165, 1.54) is 0 Å². The van der Waals surface area contributed by atoms with Crippen molar-refractivity contribution in [2.75, 3.05) is 26.3 Å². The van der Waals surface area contributed by atoms with Crippen LogP contribution >= 0.6 is 0 Å². The van der Waals surface area contributed by atoms with Gasteiger partial charge in [-0.2, -0.15) is 0 Å². The predicted molar refractivity (Wildman–Crippen MR) is 54.7 cm³/mol. The first-order chi connectivity index (χ1) is 6.84. The Kier molecular flexibility index (Phi) is 5.09. The molecule has 14 heavy (non-hydrogen) atoms. The molecule has 0 N–H and O–H groups in total. The summed E-state index contributed by atoms with van der Waals surface area (Å²) in [7, 11) is 0. The van der Waals surface area contributed by atoms with Gasteiger partial charge in [-0.05, 0) is 0 Å². The number of carbonyl (C=O) groups excluding carboxylic acids is 1. The summed E-state index contributed by atoms with van der Waals surface area (Å²) >= 11 is 0. The first kappa shape index (κ1) is 11.1. The minimum Gasteiger partial charge on any atom is -0.378 e. The molecule has 0 bridgehead atoms. The van der Waals surface area contributed by atoms with Crippen LogP contribution in [-0.2, 0) is 9.53 Å². The van der Waals surface area contributed by atoms with Crippen molar-refractivity contribution in [3.05, 3.63) is 0 Å². The highest BCUT2D eigenvalue weighted by molar-refractivity contribution is 5.76. The van der Waals surface area contributed by atoms with Gasteiger partial charge in [-0.15, -0.1) is 11.8 Å². The van der Waals surface area contributed by atoms with E-state index in [0.717, 1.165) is 19.5 Å². The molecular formula is C11H17NO2. The van der Waals surface area contributed by atoms with Crippen molar-refractivity contribution >= 4 is 5.91 Å². The van der Waals surface area contributed by atoms with Gasteiger partial charge in [-0.1, -0.05) is 6.92 Å². The summed E-state index contributed by atoms with van der Waals surface area (Å²) in [6.07, 6.45) is 2.10. The van der Waals surface area contributed by atoms with E-state index in [4.69, 9.17) is 4.74 Å². The molecule has 0 aliphatic carbocycles. The van der Waals surface area contributed by atoms with E-state index in [1.54, 1.807) is 0 Å². The molecule has 3 nitrogen and oxygen atoms in total. The summed E-state index contributed by atoms with van der Waals surface area (Å²) in [6.45, 7) is 4.83. The summed E-state index contributed by atoms with van der Waals surface area (Å²) in [5.74, 6) is 6.14. The lowest BCUT2D eigenvalue weighted by Gasteiger charge is -2.26. The maximum Gasteiger partial charge on any atom is 0.223 e. The standard InChI is InChI=1S/C11H17NO2/c1-2-3-4-5-6-11(13)12-7-9-14-10-8-12/h2,5-10H2,1H3. The molecule has 3 heteroatoms. The van der Waals surface area contributed by atoms with E-state index in [0.29, 0.717) is 26.1 Å². The third-order valence-corrected chi connectivity index (χ3v) is 2.13. The van der Waals surface area contributed by atoms with Crippen molar-refractivity contribution < 1.29 is 9.53 Å². The molecule has 1 saturated heterocycles. The van der Waals surface area contributed by atoms with Gasteiger partial charge in [0.1, 0.15) is 0 Å². The highest BCUT2D eigenvalue weighted by atomic mass is 16.5. The average molecular weight is 195 g/mol. The van der Waals surface area contributed by atoms with E-state index in [1.807, 2.05) is 11.8 Å². The molecule has 0 radical (unpaired) electrons. The van der Waals surface area contributed by atoms with E-state index in [2.05, 4.69) is 11.8 Å². The SMILES string of the molecule is CCC#CCCC(=O)N1CCOCC1. The number of hydrogen-bond acceptors (Lipinski definition) is 2. The van der Waals surface area contributed by atoms with E-state index in [-0.39, 0.29) is 5.91 Å². The van der Waals surface area contributed by atoms with Gasteiger partial charge in [0, 0.05) is 32.4 Å². The fraction of sp³-hybridized carbons (Fsp3) is 0.727. The zero-order valence-corrected chi connectivity index (χ0v) is 8.71. The highest BCUT2D eigenvalue weighted by Crippen LogP contribution is 2.01.